The summed E-state index contributed by atoms with van der Waals surface area (Å²) in [5.41, 5.74) is 7.89. The molecule has 0 saturated heterocycles. The molecular formula is C11H16N2O. The molecule has 0 amide bonds. The van der Waals surface area contributed by atoms with Gasteiger partial charge in [0, 0.05) is 23.7 Å². The highest BCUT2D eigenvalue weighted by atomic mass is 16.5. The molecule has 0 bridgehead atoms. The van der Waals surface area contributed by atoms with Gasteiger partial charge in [-0.3, -0.25) is 0 Å². The van der Waals surface area contributed by atoms with Crippen LogP contribution in [0, 0.1) is 0 Å². The first-order chi connectivity index (χ1) is 6.83. The molecule has 0 fully saturated rings. The van der Waals surface area contributed by atoms with Gasteiger partial charge in [0.25, 0.3) is 0 Å². The summed E-state index contributed by atoms with van der Waals surface area (Å²) >= 11 is 0. The van der Waals surface area contributed by atoms with E-state index in [2.05, 4.69) is 12.2 Å². The molecule has 14 heavy (non-hydrogen) atoms. The van der Waals surface area contributed by atoms with Crippen molar-refractivity contribution in [2.24, 2.45) is 0 Å². The van der Waals surface area contributed by atoms with Crippen LogP contribution >= 0.6 is 0 Å². The Morgan fingerprint density at radius 3 is 3.21 bits per heavy atom. The quantitative estimate of drug-likeness (QED) is 0.701. The number of nitrogens with one attached hydrogen (secondary N) is 1. The van der Waals surface area contributed by atoms with Crippen molar-refractivity contribution in [2.75, 3.05) is 18.9 Å². The monoisotopic (exact) mass is 192 g/mol. The molecular weight excluding hydrogens is 176 g/mol. The van der Waals surface area contributed by atoms with E-state index in [-0.39, 0.29) is 0 Å². The van der Waals surface area contributed by atoms with E-state index in [4.69, 9.17) is 10.5 Å². The maximum atomic E-state index is 5.94. The molecule has 0 spiro atoms. The third-order valence-electron chi connectivity index (χ3n) is 2.56. The van der Waals surface area contributed by atoms with Gasteiger partial charge in [0.15, 0.2) is 0 Å². The summed E-state index contributed by atoms with van der Waals surface area (Å²) in [7, 11) is 0. The van der Waals surface area contributed by atoms with Crippen LogP contribution in [-0.2, 0) is 0 Å². The van der Waals surface area contributed by atoms with E-state index in [1.807, 2.05) is 18.2 Å². The number of benzene rings is 1. The smallest absolute Gasteiger partial charge is 0.126 e. The Morgan fingerprint density at radius 1 is 1.57 bits per heavy atom. The summed E-state index contributed by atoms with van der Waals surface area (Å²) < 4.78 is 5.56. The number of fused-ring (bicyclic) bond motifs is 1. The van der Waals surface area contributed by atoms with Crippen molar-refractivity contribution < 1.29 is 4.74 Å². The molecule has 0 radical (unpaired) electrons. The zero-order valence-electron chi connectivity index (χ0n) is 8.42. The topological polar surface area (TPSA) is 47.3 Å². The third kappa shape index (κ3) is 1.55. The summed E-state index contributed by atoms with van der Waals surface area (Å²) in [5, 5.41) is 3.42. The molecule has 1 aliphatic heterocycles. The fraction of sp³-hybridized carbons (Fsp3) is 0.455. The standard InChI is InChI=1S/C11H16N2O/c1-2-13-9-6-7-14-10-5-3-4-8(12)11(9)10/h3-5,9,13H,2,6-7,12H2,1H3. The minimum atomic E-state index is 0.352. The number of nitrogens with two attached hydrogens (primary N) is 1. The van der Waals surface area contributed by atoms with Gasteiger partial charge >= 0.3 is 0 Å². The predicted octanol–water partition coefficient (Wildman–Crippen LogP) is 1.70. The van der Waals surface area contributed by atoms with Gasteiger partial charge in [0.1, 0.15) is 5.75 Å². The van der Waals surface area contributed by atoms with Gasteiger partial charge in [0.05, 0.1) is 6.61 Å². The molecule has 3 N–H and O–H groups in total. The number of anilines is 1. The zero-order chi connectivity index (χ0) is 9.97. The van der Waals surface area contributed by atoms with Crippen LogP contribution in [0.3, 0.4) is 0 Å². The number of ether oxygens (including phenoxy) is 1. The van der Waals surface area contributed by atoms with Crippen molar-refractivity contribution >= 4 is 5.69 Å². The molecule has 0 saturated carbocycles. The summed E-state index contributed by atoms with van der Waals surface area (Å²) in [6.45, 7) is 3.83. The van der Waals surface area contributed by atoms with Gasteiger partial charge in [-0.05, 0) is 18.7 Å². The van der Waals surface area contributed by atoms with Crippen molar-refractivity contribution in [3.05, 3.63) is 23.8 Å². The number of hydrogen-bond donors (Lipinski definition) is 2. The number of rotatable bonds is 2. The van der Waals surface area contributed by atoms with Crippen molar-refractivity contribution in [1.29, 1.82) is 0 Å². The van der Waals surface area contributed by atoms with Crippen LogP contribution in [0.5, 0.6) is 5.75 Å². The maximum Gasteiger partial charge on any atom is 0.126 e. The Balaban J connectivity index is 2.36. The molecule has 1 aromatic rings. The van der Waals surface area contributed by atoms with Crippen molar-refractivity contribution in [3.8, 4) is 5.75 Å². The van der Waals surface area contributed by atoms with Crippen LogP contribution in [0.1, 0.15) is 24.9 Å². The van der Waals surface area contributed by atoms with Gasteiger partial charge < -0.3 is 15.8 Å². The van der Waals surface area contributed by atoms with Crippen molar-refractivity contribution in [3.63, 3.8) is 0 Å². The normalized spacial score (nSPS) is 19.9. The van der Waals surface area contributed by atoms with E-state index in [1.165, 1.54) is 0 Å². The van der Waals surface area contributed by atoms with Gasteiger partial charge in [-0.25, -0.2) is 0 Å². The lowest BCUT2D eigenvalue weighted by Crippen LogP contribution is -2.27. The summed E-state index contributed by atoms with van der Waals surface area (Å²) in [4.78, 5) is 0. The number of nitrogen functional groups attached to an aromatic ring is 1. The van der Waals surface area contributed by atoms with Crippen molar-refractivity contribution in [2.45, 2.75) is 19.4 Å². The predicted molar refractivity (Wildman–Crippen MR) is 57.4 cm³/mol. The molecule has 3 heteroatoms. The molecule has 1 heterocycles. The first kappa shape index (κ1) is 9.34. The Morgan fingerprint density at radius 2 is 2.43 bits per heavy atom. The van der Waals surface area contributed by atoms with E-state index in [9.17, 15) is 0 Å². The minimum Gasteiger partial charge on any atom is -0.493 e. The van der Waals surface area contributed by atoms with Crippen LogP contribution in [0.4, 0.5) is 5.69 Å². The van der Waals surface area contributed by atoms with E-state index < -0.39 is 0 Å². The maximum absolute atomic E-state index is 5.94. The fourth-order valence-corrected chi connectivity index (χ4v) is 1.94. The van der Waals surface area contributed by atoms with Gasteiger partial charge in [-0.2, -0.15) is 0 Å². The summed E-state index contributed by atoms with van der Waals surface area (Å²) in [5.74, 6) is 0.933. The van der Waals surface area contributed by atoms with E-state index >= 15 is 0 Å². The van der Waals surface area contributed by atoms with Crippen LogP contribution in [-0.4, -0.2) is 13.2 Å². The third-order valence-corrected chi connectivity index (χ3v) is 2.56. The fourth-order valence-electron chi connectivity index (χ4n) is 1.94. The second-order valence-electron chi connectivity index (χ2n) is 3.51. The lowest BCUT2D eigenvalue weighted by Gasteiger charge is -2.27. The lowest BCUT2D eigenvalue weighted by molar-refractivity contribution is 0.255. The van der Waals surface area contributed by atoms with Crippen LogP contribution in [0.2, 0.25) is 0 Å². The van der Waals surface area contributed by atoms with Crippen molar-refractivity contribution in [1.82, 2.24) is 5.32 Å². The average molecular weight is 192 g/mol. The Bertz CT molecular complexity index is 325. The second-order valence-corrected chi connectivity index (χ2v) is 3.51. The van der Waals surface area contributed by atoms with Crippen LogP contribution < -0.4 is 15.8 Å². The second kappa shape index (κ2) is 3.88. The Labute approximate surface area is 84.3 Å². The summed E-state index contributed by atoms with van der Waals surface area (Å²) in [6.07, 6.45) is 0.995. The summed E-state index contributed by atoms with van der Waals surface area (Å²) in [6, 6.07) is 6.19. The largest absolute Gasteiger partial charge is 0.493 e. The Hall–Kier alpha value is -1.22. The zero-order valence-corrected chi connectivity index (χ0v) is 8.42. The molecule has 76 valence electrons. The van der Waals surface area contributed by atoms with Gasteiger partial charge in [-0.1, -0.05) is 13.0 Å². The molecule has 1 unspecified atom stereocenters. The lowest BCUT2D eigenvalue weighted by atomic mass is 9.99. The Kier molecular flexibility index (Phi) is 2.59. The van der Waals surface area contributed by atoms with Crippen LogP contribution in [0.25, 0.3) is 0 Å². The highest BCUT2D eigenvalue weighted by Crippen LogP contribution is 2.35. The van der Waals surface area contributed by atoms with E-state index in [1.54, 1.807) is 0 Å². The van der Waals surface area contributed by atoms with Crippen LogP contribution in [0.15, 0.2) is 18.2 Å². The first-order valence-electron chi connectivity index (χ1n) is 5.07. The first-order valence-corrected chi connectivity index (χ1v) is 5.07. The molecule has 0 aliphatic carbocycles. The molecule has 1 aliphatic rings. The number of hydrogen-bond acceptors (Lipinski definition) is 3. The highest BCUT2D eigenvalue weighted by molar-refractivity contribution is 5.56. The molecule has 2 rings (SSSR count). The molecule has 1 aromatic carbocycles. The van der Waals surface area contributed by atoms with Gasteiger partial charge in [0.2, 0.25) is 0 Å². The minimum absolute atomic E-state index is 0.352. The molecule has 1 atom stereocenters. The molecule has 3 nitrogen and oxygen atoms in total. The molecule has 0 aromatic heterocycles. The van der Waals surface area contributed by atoms with Gasteiger partial charge in [-0.15, -0.1) is 0 Å². The average Bonchev–Trinajstić information content (AvgIpc) is 2.19. The SMILES string of the molecule is CCNC1CCOc2cccc(N)c21. The highest BCUT2D eigenvalue weighted by Gasteiger charge is 2.22. The van der Waals surface area contributed by atoms with E-state index in [0.29, 0.717) is 6.04 Å². The van der Waals surface area contributed by atoms with E-state index in [0.717, 1.165) is 36.6 Å².